The highest BCUT2D eigenvalue weighted by Gasteiger charge is 2.32. The number of halogens is 3. The number of aromatic nitrogens is 14. The standard InChI is InChI=1S/C99H57F3N16/c1-104-80-58-73(99(100,101)102)46-47-74(80)72-56-85(117-81-48-42-68(95-109-87(60-26-10-2-11-27-60)105-88(110-95)61-28-12-3-13-29-61)52-75(81)76-53-69(43-49-82(76)117)96-111-89(62-30-14-4-15-31-62)106-90(112-96)63-32-16-5-17-33-63)79(59-103)86(57-72)118-83-50-44-70(97-113-91(64-34-18-6-19-35-64)107-92(114-97)65-36-20-7-21-37-65)54-77(83)78-55-71(45-51-84(78)118)98-115-93(66-38-22-8-23-39-66)108-94(116-98)67-40-24-9-25-41-67/h2-58H. The van der Waals surface area contributed by atoms with Gasteiger partial charge in [-0.25, -0.2) is 64.7 Å². The maximum Gasteiger partial charge on any atom is 0.415 e. The molecule has 0 unspecified atom stereocenters. The molecule has 0 spiro atoms. The molecule has 20 aromatic rings. The molecule has 118 heavy (non-hydrogen) atoms. The van der Waals surface area contributed by atoms with Crippen LogP contribution < -0.4 is 0 Å². The van der Waals surface area contributed by atoms with E-state index in [9.17, 15) is 18.4 Å². The van der Waals surface area contributed by atoms with Crippen molar-refractivity contribution in [1.82, 2.24) is 68.9 Å². The molecule has 554 valence electrons. The van der Waals surface area contributed by atoms with Crippen LogP contribution in [0.1, 0.15) is 11.1 Å². The van der Waals surface area contributed by atoms with E-state index in [4.69, 9.17) is 66.4 Å². The first-order chi connectivity index (χ1) is 58.0. The highest BCUT2D eigenvalue weighted by molar-refractivity contribution is 6.14. The van der Waals surface area contributed by atoms with Crippen molar-refractivity contribution in [3.8, 4) is 165 Å². The van der Waals surface area contributed by atoms with Crippen molar-refractivity contribution in [2.45, 2.75) is 6.18 Å². The summed E-state index contributed by atoms with van der Waals surface area (Å²) >= 11 is 0. The summed E-state index contributed by atoms with van der Waals surface area (Å²) < 4.78 is 48.9. The van der Waals surface area contributed by atoms with Crippen LogP contribution in [-0.2, 0) is 6.18 Å². The molecule has 19 heteroatoms. The summed E-state index contributed by atoms with van der Waals surface area (Å²) in [7, 11) is 0. The van der Waals surface area contributed by atoms with Gasteiger partial charge in [0, 0.05) is 93.9 Å². The number of nitriles is 1. The van der Waals surface area contributed by atoms with E-state index in [1.165, 1.54) is 6.07 Å². The zero-order valence-electron chi connectivity index (χ0n) is 62.2. The molecular weight excluding hydrogens is 1470 g/mol. The third-order valence-electron chi connectivity index (χ3n) is 20.8. The van der Waals surface area contributed by atoms with Crippen molar-refractivity contribution in [1.29, 1.82) is 5.26 Å². The maximum absolute atomic E-state index is 15.0. The van der Waals surface area contributed by atoms with Gasteiger partial charge < -0.3 is 9.13 Å². The Balaban J connectivity index is 0.871. The van der Waals surface area contributed by atoms with Gasteiger partial charge in [0.15, 0.2) is 75.6 Å². The van der Waals surface area contributed by atoms with Crippen molar-refractivity contribution in [2.75, 3.05) is 0 Å². The average Bonchev–Trinajstić information content (AvgIpc) is 1.54. The van der Waals surface area contributed by atoms with E-state index in [1.807, 2.05) is 325 Å². The predicted octanol–water partition coefficient (Wildman–Crippen LogP) is 23.7. The molecule has 0 aliphatic rings. The summed E-state index contributed by atoms with van der Waals surface area (Å²) in [6.07, 6.45) is -4.79. The molecule has 0 amide bonds. The molecule has 0 fully saturated rings. The molecule has 0 saturated carbocycles. The van der Waals surface area contributed by atoms with E-state index in [-0.39, 0.29) is 16.8 Å². The van der Waals surface area contributed by atoms with Crippen LogP contribution in [0.25, 0.3) is 208 Å². The lowest BCUT2D eigenvalue weighted by atomic mass is 9.97. The van der Waals surface area contributed by atoms with Gasteiger partial charge in [0.05, 0.1) is 40.0 Å². The summed E-state index contributed by atoms with van der Waals surface area (Å²) in [5.74, 6) is 5.15. The number of hydrogen-bond acceptors (Lipinski definition) is 13. The van der Waals surface area contributed by atoms with Crippen LogP contribution in [0.2, 0.25) is 0 Å². The second kappa shape index (κ2) is 29.5. The van der Waals surface area contributed by atoms with Crippen LogP contribution in [0, 0.1) is 17.9 Å². The van der Waals surface area contributed by atoms with Crippen molar-refractivity contribution in [3.63, 3.8) is 0 Å². The number of nitrogens with zero attached hydrogens (tertiary/aromatic N) is 16. The number of benzene rings is 14. The minimum Gasteiger partial charge on any atom is -0.308 e. The Morgan fingerprint density at radius 3 is 0.678 bits per heavy atom. The van der Waals surface area contributed by atoms with E-state index in [0.717, 1.165) is 56.6 Å². The van der Waals surface area contributed by atoms with E-state index in [0.29, 0.717) is 153 Å². The number of rotatable bonds is 15. The van der Waals surface area contributed by atoms with Gasteiger partial charge >= 0.3 is 6.18 Å². The minimum absolute atomic E-state index is 0.156. The summed E-state index contributed by atoms with van der Waals surface area (Å²) in [6, 6.07) is 111. The molecule has 0 aliphatic carbocycles. The Morgan fingerprint density at radius 2 is 0.475 bits per heavy atom. The Morgan fingerprint density at radius 1 is 0.254 bits per heavy atom. The van der Waals surface area contributed by atoms with Gasteiger partial charge in [-0.3, -0.25) is 0 Å². The van der Waals surface area contributed by atoms with Crippen LogP contribution in [0.15, 0.2) is 346 Å². The quantitative estimate of drug-likeness (QED) is 0.0881. The second-order valence-corrected chi connectivity index (χ2v) is 28.1. The van der Waals surface area contributed by atoms with E-state index < -0.39 is 11.7 Å². The van der Waals surface area contributed by atoms with Gasteiger partial charge in [-0.1, -0.05) is 255 Å². The van der Waals surface area contributed by atoms with Gasteiger partial charge in [-0.15, -0.1) is 0 Å². The second-order valence-electron chi connectivity index (χ2n) is 28.1. The molecule has 16 nitrogen and oxygen atoms in total. The third kappa shape index (κ3) is 13.2. The van der Waals surface area contributed by atoms with Crippen LogP contribution in [0.5, 0.6) is 0 Å². The smallest absolute Gasteiger partial charge is 0.308 e. The SMILES string of the molecule is [C-]#[N+]c1cc(C(F)(F)F)ccc1-c1cc(-n2c3ccc(-c4nc(-c5ccccc5)nc(-c5ccccc5)n4)cc3c3cc(-c4nc(-c5ccccc5)nc(-c5ccccc5)n4)ccc32)c(C#N)c(-n2c3ccc(-c4nc(-c5ccccc5)nc(-c5ccccc5)n4)cc3c3cc(-c4nc(-c5ccccc5)nc(-c5ccccc5)n4)ccc32)c1. The Hall–Kier alpha value is -16.5. The van der Waals surface area contributed by atoms with E-state index in [2.05, 4.69) is 10.9 Å². The Bertz CT molecular complexity index is 6420. The van der Waals surface area contributed by atoms with Crippen molar-refractivity contribution in [2.24, 2.45) is 0 Å². The lowest BCUT2D eigenvalue weighted by Crippen LogP contribution is -2.06. The largest absolute Gasteiger partial charge is 0.415 e. The summed E-state index contributed by atoms with van der Waals surface area (Å²) in [5, 5.41) is 15.3. The molecular formula is C99H57F3N16. The van der Waals surface area contributed by atoms with Crippen molar-refractivity contribution >= 4 is 49.3 Å². The zero-order chi connectivity index (χ0) is 79.4. The molecule has 0 N–H and O–H groups in total. The van der Waals surface area contributed by atoms with E-state index >= 15 is 0 Å². The predicted molar refractivity (Wildman–Crippen MR) is 455 cm³/mol. The van der Waals surface area contributed by atoms with Gasteiger partial charge in [-0.05, 0) is 102 Å². The summed E-state index contributed by atoms with van der Waals surface area (Å²) in [4.78, 5) is 65.4. The number of alkyl halides is 3. The van der Waals surface area contributed by atoms with Gasteiger partial charge in [0.1, 0.15) is 11.6 Å². The first kappa shape index (κ1) is 70.6. The fourth-order valence-electron chi connectivity index (χ4n) is 15.2. The van der Waals surface area contributed by atoms with Crippen LogP contribution in [0.4, 0.5) is 18.9 Å². The lowest BCUT2D eigenvalue weighted by molar-refractivity contribution is -0.137. The molecule has 6 aromatic heterocycles. The molecule has 0 saturated heterocycles. The first-order valence-corrected chi connectivity index (χ1v) is 37.8. The van der Waals surface area contributed by atoms with E-state index in [1.54, 1.807) is 12.1 Å². The topological polar surface area (TPSA) is 193 Å². The van der Waals surface area contributed by atoms with Crippen molar-refractivity contribution < 1.29 is 13.2 Å². The zero-order valence-corrected chi connectivity index (χ0v) is 62.2. The molecule has 0 aliphatic heterocycles. The monoisotopic (exact) mass is 1530 g/mol. The maximum atomic E-state index is 15.0. The number of hydrogen-bond donors (Lipinski definition) is 0. The fraction of sp³-hybridized carbons (Fsp3) is 0.0101. The highest BCUT2D eigenvalue weighted by Crippen LogP contribution is 2.46. The van der Waals surface area contributed by atoms with Crippen molar-refractivity contribution in [3.05, 3.63) is 368 Å². The fourth-order valence-corrected chi connectivity index (χ4v) is 15.2. The van der Waals surface area contributed by atoms with Gasteiger partial charge in [0.2, 0.25) is 0 Å². The average molecular weight is 1530 g/mol. The molecule has 6 heterocycles. The molecule has 20 rings (SSSR count). The molecule has 0 radical (unpaired) electrons. The minimum atomic E-state index is -4.79. The van der Waals surface area contributed by atoms with Crippen LogP contribution in [0.3, 0.4) is 0 Å². The first-order valence-electron chi connectivity index (χ1n) is 37.8. The molecule has 0 atom stereocenters. The number of fused-ring (bicyclic) bond motifs is 6. The van der Waals surface area contributed by atoms with Crippen LogP contribution >= 0.6 is 0 Å². The lowest BCUT2D eigenvalue weighted by Gasteiger charge is -2.19. The summed E-state index contributed by atoms with van der Waals surface area (Å²) in [6.45, 7) is 8.63. The molecule has 0 bridgehead atoms. The summed E-state index contributed by atoms with van der Waals surface area (Å²) in [5.41, 5.74) is 11.2. The Labute approximate surface area is 672 Å². The van der Waals surface area contributed by atoms with Crippen LogP contribution in [-0.4, -0.2) is 68.9 Å². The Kier molecular flexibility index (Phi) is 17.7. The normalized spacial score (nSPS) is 11.5. The molecule has 14 aromatic carbocycles. The third-order valence-corrected chi connectivity index (χ3v) is 20.8. The van der Waals surface area contributed by atoms with Gasteiger partial charge in [-0.2, -0.15) is 18.4 Å². The highest BCUT2D eigenvalue weighted by atomic mass is 19.4. The van der Waals surface area contributed by atoms with Gasteiger partial charge in [0.25, 0.3) is 0 Å².